The molecule has 3 aromatic rings. The third-order valence-electron chi connectivity index (χ3n) is 10.2. The number of phenols is 1. The fourth-order valence-corrected chi connectivity index (χ4v) is 7.95. The van der Waals surface area contributed by atoms with Crippen molar-refractivity contribution in [3.63, 3.8) is 0 Å². The molecule has 6 atom stereocenters. The van der Waals surface area contributed by atoms with Gasteiger partial charge in [-0.1, -0.05) is 55.8 Å². The van der Waals surface area contributed by atoms with Gasteiger partial charge in [-0.15, -0.1) is 0 Å². The minimum atomic E-state index is -0.826. The molecule has 0 unspecified atom stereocenters. The second-order valence-corrected chi connectivity index (χ2v) is 12.3. The van der Waals surface area contributed by atoms with E-state index in [0.717, 1.165) is 29.5 Å². The normalized spacial score (nSPS) is 27.8. The van der Waals surface area contributed by atoms with Gasteiger partial charge in [-0.05, 0) is 84.7 Å². The van der Waals surface area contributed by atoms with Crippen LogP contribution in [-0.2, 0) is 32.0 Å². The number of nitrogens with zero attached hydrogens (tertiary/aromatic N) is 2. The van der Waals surface area contributed by atoms with Gasteiger partial charge in [0.05, 0.1) is 35.0 Å². The van der Waals surface area contributed by atoms with Crippen LogP contribution in [0.5, 0.6) is 5.75 Å². The molecule has 44 heavy (non-hydrogen) atoms. The molecule has 3 aromatic carbocycles. The van der Waals surface area contributed by atoms with E-state index in [1.54, 1.807) is 30.3 Å². The molecule has 3 fully saturated rings. The molecular formula is C36H33FN2O5. The van der Waals surface area contributed by atoms with Crippen LogP contribution < -0.4 is 9.80 Å². The lowest BCUT2D eigenvalue weighted by Gasteiger charge is -2.44. The van der Waals surface area contributed by atoms with Crippen LogP contribution in [0.3, 0.4) is 0 Å². The zero-order valence-electron chi connectivity index (χ0n) is 24.6. The molecular weight excluding hydrogens is 559 g/mol. The van der Waals surface area contributed by atoms with Crippen LogP contribution >= 0.6 is 0 Å². The summed E-state index contributed by atoms with van der Waals surface area (Å²) in [6, 6.07) is 18.8. The number of carbonyl (C=O) groups is 4. The highest BCUT2D eigenvalue weighted by molar-refractivity contribution is 6.24. The number of benzene rings is 3. The molecule has 0 bridgehead atoms. The Labute approximate surface area is 255 Å². The van der Waals surface area contributed by atoms with Gasteiger partial charge in [-0.3, -0.25) is 29.0 Å². The fourth-order valence-electron chi connectivity index (χ4n) is 7.95. The number of allylic oxidation sites excluding steroid dienone is 2. The van der Waals surface area contributed by atoms with Crippen molar-refractivity contribution < 1.29 is 28.7 Å². The summed E-state index contributed by atoms with van der Waals surface area (Å²) >= 11 is 0. The number of anilines is 2. The van der Waals surface area contributed by atoms with Gasteiger partial charge in [0, 0.05) is 5.92 Å². The van der Waals surface area contributed by atoms with Crippen molar-refractivity contribution in [2.45, 2.75) is 45.4 Å². The topological polar surface area (TPSA) is 95.0 Å². The SMILES string of the molecule is CCc1ccc(N2C(=O)[C@H]3[C@H](CC=C4[C@H]3C[C@H]3C(=O)N(c5ccc(CC)cc5)C(=O)[C@H]3[C@H]4c3ccc(O)c(F)c3)C2=O)cc1. The number of rotatable bonds is 5. The van der Waals surface area contributed by atoms with Crippen LogP contribution in [0.2, 0.25) is 0 Å². The van der Waals surface area contributed by atoms with E-state index in [2.05, 4.69) is 0 Å². The first-order valence-electron chi connectivity index (χ1n) is 15.3. The van der Waals surface area contributed by atoms with Gasteiger partial charge in [-0.25, -0.2) is 4.39 Å². The van der Waals surface area contributed by atoms with Crippen LogP contribution in [0.1, 0.15) is 49.3 Å². The Balaban J connectivity index is 1.31. The smallest absolute Gasteiger partial charge is 0.238 e. The van der Waals surface area contributed by atoms with Crippen molar-refractivity contribution in [1.82, 2.24) is 0 Å². The predicted octanol–water partition coefficient (Wildman–Crippen LogP) is 5.70. The molecule has 2 heterocycles. The largest absolute Gasteiger partial charge is 0.505 e. The summed E-state index contributed by atoms with van der Waals surface area (Å²) in [6.45, 7) is 4.06. The number of imide groups is 2. The summed E-state index contributed by atoms with van der Waals surface area (Å²) in [4.78, 5) is 58.6. The molecule has 7 nitrogen and oxygen atoms in total. The number of phenolic OH excluding ortho intramolecular Hbond substituents is 1. The Morgan fingerprint density at radius 3 is 1.80 bits per heavy atom. The van der Waals surface area contributed by atoms with Crippen LogP contribution in [0.15, 0.2) is 78.4 Å². The van der Waals surface area contributed by atoms with Crippen molar-refractivity contribution in [2.75, 3.05) is 9.80 Å². The van der Waals surface area contributed by atoms with Crippen molar-refractivity contribution in [3.05, 3.63) is 101 Å². The molecule has 0 radical (unpaired) electrons. The van der Waals surface area contributed by atoms with Gasteiger partial charge in [0.2, 0.25) is 23.6 Å². The second-order valence-electron chi connectivity index (χ2n) is 12.3. The van der Waals surface area contributed by atoms with E-state index in [-0.39, 0.29) is 30.0 Å². The summed E-state index contributed by atoms with van der Waals surface area (Å²) in [5.74, 6) is -6.62. The summed E-state index contributed by atoms with van der Waals surface area (Å²) in [5.41, 5.74) is 4.40. The quantitative estimate of drug-likeness (QED) is 0.303. The fraction of sp³-hybridized carbons (Fsp3) is 0.333. The lowest BCUT2D eigenvalue weighted by molar-refractivity contribution is -0.126. The van der Waals surface area contributed by atoms with Gasteiger partial charge >= 0.3 is 0 Å². The van der Waals surface area contributed by atoms with Crippen molar-refractivity contribution in [2.24, 2.45) is 29.6 Å². The van der Waals surface area contributed by atoms with E-state index in [4.69, 9.17) is 0 Å². The highest BCUT2D eigenvalue weighted by atomic mass is 19.1. The van der Waals surface area contributed by atoms with E-state index in [0.29, 0.717) is 23.4 Å². The number of aryl methyl sites for hydroxylation is 2. The van der Waals surface area contributed by atoms with Crippen LogP contribution in [-0.4, -0.2) is 28.7 Å². The number of halogens is 1. The Morgan fingerprint density at radius 2 is 1.25 bits per heavy atom. The number of hydrogen-bond donors (Lipinski definition) is 1. The van der Waals surface area contributed by atoms with E-state index in [1.165, 1.54) is 21.9 Å². The van der Waals surface area contributed by atoms with E-state index in [1.807, 2.05) is 44.2 Å². The Bertz CT molecular complexity index is 1730. The monoisotopic (exact) mass is 592 g/mol. The summed E-state index contributed by atoms with van der Waals surface area (Å²) < 4.78 is 14.8. The molecule has 2 aliphatic heterocycles. The summed E-state index contributed by atoms with van der Waals surface area (Å²) in [6.07, 6.45) is 4.13. The maximum Gasteiger partial charge on any atom is 0.238 e. The lowest BCUT2D eigenvalue weighted by Crippen LogP contribution is -2.43. The predicted molar refractivity (Wildman–Crippen MR) is 162 cm³/mol. The zero-order valence-corrected chi connectivity index (χ0v) is 24.6. The molecule has 8 heteroatoms. The molecule has 1 N–H and O–H groups in total. The molecule has 2 saturated heterocycles. The van der Waals surface area contributed by atoms with Crippen LogP contribution in [0, 0.1) is 35.4 Å². The average Bonchev–Trinajstić information content (AvgIpc) is 3.45. The third-order valence-corrected chi connectivity index (χ3v) is 10.2. The first-order valence-corrected chi connectivity index (χ1v) is 15.3. The summed E-state index contributed by atoms with van der Waals surface area (Å²) in [7, 11) is 0. The molecule has 224 valence electrons. The minimum Gasteiger partial charge on any atom is -0.505 e. The summed E-state index contributed by atoms with van der Waals surface area (Å²) in [5, 5.41) is 9.94. The third kappa shape index (κ3) is 4.14. The lowest BCUT2D eigenvalue weighted by atomic mass is 9.57. The Morgan fingerprint density at radius 1 is 0.705 bits per heavy atom. The van der Waals surface area contributed by atoms with Gasteiger partial charge in [0.1, 0.15) is 0 Å². The highest BCUT2D eigenvalue weighted by Crippen LogP contribution is 2.58. The zero-order chi connectivity index (χ0) is 30.9. The van der Waals surface area contributed by atoms with E-state index >= 15 is 0 Å². The Hall–Kier alpha value is -4.59. The number of fused-ring (bicyclic) bond motifs is 4. The van der Waals surface area contributed by atoms with E-state index < -0.39 is 47.1 Å². The number of carbonyl (C=O) groups excluding carboxylic acids is 4. The van der Waals surface area contributed by atoms with Gasteiger partial charge < -0.3 is 5.11 Å². The number of amides is 4. The maximum atomic E-state index is 14.8. The first kappa shape index (κ1) is 28.2. The molecule has 4 amide bonds. The van der Waals surface area contributed by atoms with Crippen molar-refractivity contribution in [1.29, 1.82) is 0 Å². The molecule has 7 rings (SSSR count). The Kier molecular flexibility index (Phi) is 6.76. The highest BCUT2D eigenvalue weighted by Gasteiger charge is 2.62. The first-order chi connectivity index (χ1) is 21.2. The number of aromatic hydroxyl groups is 1. The van der Waals surface area contributed by atoms with Crippen LogP contribution in [0.4, 0.5) is 15.8 Å². The second kappa shape index (κ2) is 10.5. The molecule has 2 aliphatic carbocycles. The van der Waals surface area contributed by atoms with Gasteiger partial charge in [-0.2, -0.15) is 0 Å². The maximum absolute atomic E-state index is 14.8. The van der Waals surface area contributed by atoms with Crippen LogP contribution in [0.25, 0.3) is 0 Å². The molecule has 0 aromatic heterocycles. The molecule has 0 spiro atoms. The molecule has 1 saturated carbocycles. The minimum absolute atomic E-state index is 0.241. The average molecular weight is 593 g/mol. The van der Waals surface area contributed by atoms with Crippen molar-refractivity contribution in [3.8, 4) is 5.75 Å². The standard InChI is InChI=1S/C36H33FN2O5/c1-3-19-5-10-22(11-6-19)38-33(41)25-15-14-24-26(31(25)35(38)43)18-27-32(30(24)21-9-16-29(40)28(37)17-21)36(44)39(34(27)42)23-12-7-20(4-2)8-13-23/h5-14,16-17,25-27,30-32,40H,3-4,15,18H2,1-2H3/t25-,26+,27+,30-,31-,32+/m0/s1. The van der Waals surface area contributed by atoms with Gasteiger partial charge in [0.15, 0.2) is 11.6 Å². The number of hydrogen-bond acceptors (Lipinski definition) is 5. The van der Waals surface area contributed by atoms with Gasteiger partial charge in [0.25, 0.3) is 0 Å². The van der Waals surface area contributed by atoms with Crippen molar-refractivity contribution >= 4 is 35.0 Å². The molecule has 4 aliphatic rings. The van der Waals surface area contributed by atoms with E-state index in [9.17, 15) is 28.7 Å².